The van der Waals surface area contributed by atoms with Gasteiger partial charge < -0.3 is 10.5 Å². The van der Waals surface area contributed by atoms with Crippen LogP contribution in [0.2, 0.25) is 5.02 Å². The molecule has 0 atom stereocenters. The van der Waals surface area contributed by atoms with E-state index in [-0.39, 0.29) is 11.3 Å². The van der Waals surface area contributed by atoms with Crippen molar-refractivity contribution < 1.29 is 9.53 Å². The fourth-order valence-electron chi connectivity index (χ4n) is 2.51. The van der Waals surface area contributed by atoms with Crippen LogP contribution in [0.15, 0.2) is 18.2 Å². The Bertz CT molecular complexity index is 453. The van der Waals surface area contributed by atoms with Gasteiger partial charge in [0.25, 0.3) is 0 Å². The maximum absolute atomic E-state index is 12.2. The summed E-state index contributed by atoms with van der Waals surface area (Å²) in [5.41, 5.74) is 6.52. The van der Waals surface area contributed by atoms with E-state index in [4.69, 9.17) is 22.1 Å². The lowest BCUT2D eigenvalue weighted by molar-refractivity contribution is 0.0952. The lowest BCUT2D eigenvalue weighted by Crippen LogP contribution is -2.38. The van der Waals surface area contributed by atoms with E-state index in [1.54, 1.807) is 18.2 Å². The highest BCUT2D eigenvalue weighted by Gasteiger charge is 2.32. The van der Waals surface area contributed by atoms with Crippen molar-refractivity contribution in [2.45, 2.75) is 37.6 Å². The van der Waals surface area contributed by atoms with E-state index < -0.39 is 0 Å². The van der Waals surface area contributed by atoms with E-state index in [1.807, 2.05) is 0 Å². The molecule has 18 heavy (non-hydrogen) atoms. The molecule has 1 aliphatic rings. The Hall–Kier alpha value is -1.06. The molecule has 0 amide bonds. The predicted molar refractivity (Wildman–Crippen MR) is 72.3 cm³/mol. The molecule has 0 aliphatic heterocycles. The number of hydrogen-bond donors (Lipinski definition) is 1. The van der Waals surface area contributed by atoms with E-state index in [9.17, 15) is 4.79 Å². The third-order valence-electron chi connectivity index (χ3n) is 3.59. The van der Waals surface area contributed by atoms with Gasteiger partial charge >= 0.3 is 0 Å². The first-order valence-corrected chi connectivity index (χ1v) is 6.57. The van der Waals surface area contributed by atoms with Crippen molar-refractivity contribution in [3.63, 3.8) is 0 Å². The summed E-state index contributed by atoms with van der Waals surface area (Å²) >= 11 is 5.94. The normalized spacial score (nSPS) is 17.7. The van der Waals surface area contributed by atoms with Gasteiger partial charge in [0, 0.05) is 17.5 Å². The number of ether oxygens (including phenoxy) is 1. The third kappa shape index (κ3) is 2.85. The van der Waals surface area contributed by atoms with Crippen molar-refractivity contribution in [3.05, 3.63) is 28.8 Å². The maximum atomic E-state index is 12.2. The molecule has 3 nitrogen and oxygen atoms in total. The second-order valence-corrected chi connectivity index (χ2v) is 5.43. The molecule has 4 heteroatoms. The first kappa shape index (κ1) is 13.4. The zero-order chi connectivity index (χ0) is 13.2. The number of Topliss-reactive ketones (excluding diaryl/α,β-unsaturated/α-hetero) is 1. The van der Waals surface area contributed by atoms with Gasteiger partial charge in [-0.2, -0.15) is 0 Å². The molecule has 2 rings (SSSR count). The monoisotopic (exact) mass is 267 g/mol. The van der Waals surface area contributed by atoms with Gasteiger partial charge in [-0.15, -0.1) is 0 Å². The van der Waals surface area contributed by atoms with Crippen LogP contribution in [0.25, 0.3) is 0 Å². The van der Waals surface area contributed by atoms with E-state index in [0.29, 0.717) is 22.8 Å². The Morgan fingerprint density at radius 2 is 2.11 bits per heavy atom. The first-order chi connectivity index (χ1) is 8.54. The lowest BCUT2D eigenvalue weighted by atomic mass is 9.90. The molecule has 0 saturated heterocycles. The molecule has 98 valence electrons. The second kappa shape index (κ2) is 5.29. The maximum Gasteiger partial charge on any atom is 0.164 e. The number of halogens is 1. The highest BCUT2D eigenvalue weighted by Crippen LogP contribution is 2.32. The Morgan fingerprint density at radius 1 is 1.44 bits per heavy atom. The summed E-state index contributed by atoms with van der Waals surface area (Å²) in [7, 11) is 1.54. The van der Waals surface area contributed by atoms with Gasteiger partial charge in [0.2, 0.25) is 0 Å². The molecule has 1 aromatic rings. The topological polar surface area (TPSA) is 52.3 Å². The van der Waals surface area contributed by atoms with Crippen molar-refractivity contribution in [1.29, 1.82) is 0 Å². The minimum Gasteiger partial charge on any atom is -0.495 e. The zero-order valence-corrected chi connectivity index (χ0v) is 11.3. The average Bonchev–Trinajstić information content (AvgIpc) is 2.76. The van der Waals surface area contributed by atoms with Crippen LogP contribution in [-0.4, -0.2) is 18.4 Å². The zero-order valence-electron chi connectivity index (χ0n) is 10.5. The molecular formula is C14H18ClNO2. The number of hydrogen-bond acceptors (Lipinski definition) is 3. The standard InChI is InChI=1S/C14H18ClNO2/c1-18-13-8-10(4-5-11(13)15)12(17)9-14(16)6-2-3-7-14/h4-5,8H,2-3,6-7,9,16H2,1H3. The number of carbonyl (C=O) groups is 1. The molecule has 1 fully saturated rings. The summed E-state index contributed by atoms with van der Waals surface area (Å²) in [4.78, 5) is 12.2. The lowest BCUT2D eigenvalue weighted by Gasteiger charge is -2.22. The summed E-state index contributed by atoms with van der Waals surface area (Å²) < 4.78 is 5.12. The number of benzene rings is 1. The first-order valence-electron chi connectivity index (χ1n) is 6.20. The number of ketones is 1. The number of carbonyl (C=O) groups excluding carboxylic acids is 1. The molecule has 1 saturated carbocycles. The second-order valence-electron chi connectivity index (χ2n) is 5.02. The van der Waals surface area contributed by atoms with Gasteiger partial charge in [-0.1, -0.05) is 24.4 Å². The van der Waals surface area contributed by atoms with Crippen LogP contribution in [-0.2, 0) is 0 Å². The van der Waals surface area contributed by atoms with Crippen molar-refractivity contribution in [3.8, 4) is 5.75 Å². The summed E-state index contributed by atoms with van der Waals surface area (Å²) in [6.07, 6.45) is 4.51. The smallest absolute Gasteiger partial charge is 0.164 e. The predicted octanol–water partition coefficient (Wildman–Crippen LogP) is 3.19. The van der Waals surface area contributed by atoms with Gasteiger partial charge in [0.15, 0.2) is 5.78 Å². The molecule has 0 heterocycles. The highest BCUT2D eigenvalue weighted by atomic mass is 35.5. The van der Waals surface area contributed by atoms with Crippen LogP contribution in [0.4, 0.5) is 0 Å². The van der Waals surface area contributed by atoms with E-state index in [2.05, 4.69) is 0 Å². The molecule has 1 aromatic carbocycles. The summed E-state index contributed by atoms with van der Waals surface area (Å²) in [6.45, 7) is 0. The van der Waals surface area contributed by atoms with Crippen molar-refractivity contribution in [2.75, 3.05) is 7.11 Å². The Kier molecular flexibility index (Phi) is 3.93. The SMILES string of the molecule is COc1cc(C(=O)CC2(N)CCCC2)ccc1Cl. The molecule has 0 aromatic heterocycles. The van der Waals surface area contributed by atoms with Crippen LogP contribution in [0, 0.1) is 0 Å². The Labute approximate surface area is 112 Å². The van der Waals surface area contributed by atoms with Gasteiger partial charge in [0.05, 0.1) is 12.1 Å². The van der Waals surface area contributed by atoms with Crippen LogP contribution in [0.1, 0.15) is 42.5 Å². The third-order valence-corrected chi connectivity index (χ3v) is 3.90. The fourth-order valence-corrected chi connectivity index (χ4v) is 2.71. The van der Waals surface area contributed by atoms with Crippen molar-refractivity contribution in [1.82, 2.24) is 0 Å². The summed E-state index contributed by atoms with van der Waals surface area (Å²) in [5, 5.41) is 0.511. The van der Waals surface area contributed by atoms with Crippen molar-refractivity contribution >= 4 is 17.4 Å². The fraction of sp³-hybridized carbons (Fsp3) is 0.500. The van der Waals surface area contributed by atoms with Gasteiger partial charge in [0.1, 0.15) is 5.75 Å². The minimum absolute atomic E-state index is 0.0642. The van der Waals surface area contributed by atoms with Gasteiger partial charge in [-0.05, 0) is 31.0 Å². The quantitative estimate of drug-likeness (QED) is 0.853. The van der Waals surface area contributed by atoms with E-state index in [0.717, 1.165) is 25.7 Å². The van der Waals surface area contributed by atoms with Crippen LogP contribution in [0.5, 0.6) is 5.75 Å². The Morgan fingerprint density at radius 3 is 2.72 bits per heavy atom. The summed E-state index contributed by atoms with van der Waals surface area (Å²) in [5.74, 6) is 0.592. The molecule has 1 aliphatic carbocycles. The molecular weight excluding hydrogens is 250 g/mol. The minimum atomic E-state index is -0.316. The molecule has 0 radical (unpaired) electrons. The van der Waals surface area contributed by atoms with Crippen LogP contribution < -0.4 is 10.5 Å². The molecule has 2 N–H and O–H groups in total. The van der Waals surface area contributed by atoms with Crippen LogP contribution in [0.3, 0.4) is 0 Å². The number of nitrogens with two attached hydrogens (primary N) is 1. The average molecular weight is 268 g/mol. The number of rotatable bonds is 4. The molecule has 0 unspecified atom stereocenters. The van der Waals surface area contributed by atoms with Crippen LogP contribution >= 0.6 is 11.6 Å². The van der Waals surface area contributed by atoms with Gasteiger partial charge in [-0.25, -0.2) is 0 Å². The molecule has 0 bridgehead atoms. The Balaban J connectivity index is 2.13. The summed E-state index contributed by atoms with van der Waals surface area (Å²) in [6, 6.07) is 5.10. The number of methoxy groups -OCH3 is 1. The van der Waals surface area contributed by atoms with Gasteiger partial charge in [-0.3, -0.25) is 4.79 Å². The van der Waals surface area contributed by atoms with E-state index in [1.165, 1.54) is 7.11 Å². The van der Waals surface area contributed by atoms with Crippen molar-refractivity contribution in [2.24, 2.45) is 5.73 Å². The highest BCUT2D eigenvalue weighted by molar-refractivity contribution is 6.32. The van der Waals surface area contributed by atoms with E-state index >= 15 is 0 Å². The molecule has 0 spiro atoms. The largest absolute Gasteiger partial charge is 0.495 e.